The number of hydrogen-bond acceptors (Lipinski definition) is 3. The Balaban J connectivity index is 2.14. The van der Waals surface area contributed by atoms with Crippen LogP contribution in [0.2, 0.25) is 0 Å². The predicted octanol–water partition coefficient (Wildman–Crippen LogP) is 5.89. The number of ether oxygens (including phenoxy) is 2. The van der Waals surface area contributed by atoms with Gasteiger partial charge in [-0.25, -0.2) is 0 Å². The molecule has 1 aromatic heterocycles. The fraction of sp³-hybridized carbons (Fsp3) is 0.368. The second kappa shape index (κ2) is 6.27. The van der Waals surface area contributed by atoms with E-state index in [0.717, 1.165) is 5.75 Å². The van der Waals surface area contributed by atoms with Gasteiger partial charge in [0, 0.05) is 27.8 Å². The van der Waals surface area contributed by atoms with Crippen LogP contribution in [0, 0.1) is 0 Å². The van der Waals surface area contributed by atoms with Gasteiger partial charge in [-0.3, -0.25) is 0 Å². The summed E-state index contributed by atoms with van der Waals surface area (Å²) in [5, 5.41) is 3.31. The third-order valence-corrected chi connectivity index (χ3v) is 4.87. The summed E-state index contributed by atoms with van der Waals surface area (Å²) in [6.45, 7) is 9.02. The van der Waals surface area contributed by atoms with Crippen LogP contribution in [0.25, 0.3) is 21.2 Å². The average Bonchev–Trinajstić information content (AvgIpc) is 2.95. The minimum Gasteiger partial charge on any atom is -0.464 e. The Kier molecular flexibility index (Phi) is 4.37. The van der Waals surface area contributed by atoms with Gasteiger partial charge >= 0.3 is 0 Å². The Morgan fingerprint density at radius 3 is 2.41 bits per heavy atom. The number of fused-ring (bicyclic) bond motifs is 3. The van der Waals surface area contributed by atoms with Crippen molar-refractivity contribution in [1.29, 1.82) is 0 Å². The van der Waals surface area contributed by atoms with Gasteiger partial charge in [-0.05, 0) is 36.8 Å². The lowest BCUT2D eigenvalue weighted by atomic mass is 10.1. The average molecular weight is 314 g/mol. The van der Waals surface area contributed by atoms with Gasteiger partial charge in [0.15, 0.2) is 6.29 Å². The Morgan fingerprint density at radius 1 is 1.00 bits per heavy atom. The lowest BCUT2D eigenvalue weighted by Gasteiger charge is -2.14. The van der Waals surface area contributed by atoms with Gasteiger partial charge in [0.2, 0.25) is 0 Å². The molecule has 0 aromatic carbocycles. The molecule has 3 heteroatoms. The fourth-order valence-corrected chi connectivity index (χ4v) is 3.71. The highest BCUT2D eigenvalue weighted by Crippen LogP contribution is 2.47. The van der Waals surface area contributed by atoms with E-state index in [1.54, 1.807) is 11.3 Å². The summed E-state index contributed by atoms with van der Waals surface area (Å²) in [7, 11) is 0. The molecule has 0 N–H and O–H groups in total. The van der Waals surface area contributed by atoms with E-state index in [9.17, 15) is 0 Å². The van der Waals surface area contributed by atoms with E-state index in [4.69, 9.17) is 9.47 Å². The molecule has 2 nitrogen and oxygen atoms in total. The van der Waals surface area contributed by atoms with Crippen molar-refractivity contribution < 1.29 is 9.47 Å². The van der Waals surface area contributed by atoms with E-state index in [1.807, 2.05) is 13.8 Å². The maximum Gasteiger partial charge on any atom is 0.197 e. The molecule has 3 rings (SSSR count). The molecule has 0 aliphatic heterocycles. The lowest BCUT2D eigenvalue weighted by molar-refractivity contribution is -0.0600. The van der Waals surface area contributed by atoms with Crippen LogP contribution >= 0.6 is 11.3 Å². The molecule has 116 valence electrons. The molecule has 0 saturated carbocycles. The Labute approximate surface area is 136 Å². The van der Waals surface area contributed by atoms with Gasteiger partial charge in [-0.1, -0.05) is 38.1 Å². The van der Waals surface area contributed by atoms with Gasteiger partial charge in [-0.2, -0.15) is 0 Å². The lowest BCUT2D eigenvalue weighted by Crippen LogP contribution is -2.15. The SMILES string of the molecule is CCOC(C)Oc1c2ccc(C(C)C)ccc-2c2sccc12. The van der Waals surface area contributed by atoms with Crippen molar-refractivity contribution >= 4 is 21.4 Å². The molecule has 2 aliphatic carbocycles. The van der Waals surface area contributed by atoms with E-state index in [-0.39, 0.29) is 6.29 Å². The van der Waals surface area contributed by atoms with Gasteiger partial charge in [0.1, 0.15) is 5.75 Å². The van der Waals surface area contributed by atoms with E-state index in [0.29, 0.717) is 12.5 Å². The van der Waals surface area contributed by atoms with E-state index < -0.39 is 0 Å². The van der Waals surface area contributed by atoms with E-state index in [1.165, 1.54) is 26.8 Å². The Hall–Kier alpha value is -1.58. The molecule has 0 amide bonds. The summed E-state index contributed by atoms with van der Waals surface area (Å²) in [6.07, 6.45) is -0.242. The number of rotatable bonds is 5. The van der Waals surface area contributed by atoms with Crippen molar-refractivity contribution in [1.82, 2.24) is 0 Å². The first-order valence-electron chi connectivity index (χ1n) is 7.83. The van der Waals surface area contributed by atoms with Gasteiger partial charge < -0.3 is 9.47 Å². The molecule has 22 heavy (non-hydrogen) atoms. The van der Waals surface area contributed by atoms with Crippen molar-refractivity contribution in [2.75, 3.05) is 6.61 Å². The van der Waals surface area contributed by atoms with Crippen LogP contribution in [0.4, 0.5) is 0 Å². The highest BCUT2D eigenvalue weighted by atomic mass is 32.1. The van der Waals surface area contributed by atoms with Crippen LogP contribution < -0.4 is 4.74 Å². The van der Waals surface area contributed by atoms with Crippen molar-refractivity contribution in [3.8, 4) is 16.9 Å². The van der Waals surface area contributed by atoms with E-state index >= 15 is 0 Å². The van der Waals surface area contributed by atoms with Crippen LogP contribution in [0.5, 0.6) is 5.75 Å². The standard InChI is InChI=1S/C19H22O2S/c1-5-20-13(4)21-18-15-8-6-14(12(2)3)7-9-16(15)19-17(18)10-11-22-19/h6-13H,5H2,1-4H3. The molecule has 2 aliphatic rings. The smallest absolute Gasteiger partial charge is 0.197 e. The first-order chi connectivity index (χ1) is 10.6. The summed E-state index contributed by atoms with van der Waals surface area (Å²) in [4.78, 5) is 0. The topological polar surface area (TPSA) is 18.5 Å². The van der Waals surface area contributed by atoms with Crippen LogP contribution in [0.1, 0.15) is 39.2 Å². The summed E-state index contributed by atoms with van der Waals surface area (Å²) in [6, 6.07) is 11.0. The number of thiophene rings is 1. The van der Waals surface area contributed by atoms with Gasteiger partial charge in [0.05, 0.1) is 0 Å². The van der Waals surface area contributed by atoms with Crippen molar-refractivity contribution in [3.05, 3.63) is 41.3 Å². The summed E-state index contributed by atoms with van der Waals surface area (Å²) < 4.78 is 13.0. The molecule has 0 fully saturated rings. The largest absolute Gasteiger partial charge is 0.464 e. The summed E-state index contributed by atoms with van der Waals surface area (Å²) in [5.74, 6) is 1.46. The van der Waals surface area contributed by atoms with Crippen LogP contribution in [0.15, 0.2) is 35.7 Å². The predicted molar refractivity (Wildman–Crippen MR) is 94.3 cm³/mol. The molecule has 0 bridgehead atoms. The van der Waals surface area contributed by atoms with Crippen molar-refractivity contribution in [3.63, 3.8) is 0 Å². The number of hydrogen-bond donors (Lipinski definition) is 0. The minimum atomic E-state index is -0.242. The molecule has 0 radical (unpaired) electrons. The van der Waals surface area contributed by atoms with Crippen LogP contribution in [-0.4, -0.2) is 12.9 Å². The third kappa shape index (κ3) is 2.71. The Morgan fingerprint density at radius 2 is 1.73 bits per heavy atom. The fourth-order valence-electron chi connectivity index (χ4n) is 2.78. The molecule has 1 aromatic rings. The highest BCUT2D eigenvalue weighted by molar-refractivity contribution is 7.18. The quantitative estimate of drug-likeness (QED) is 0.547. The zero-order chi connectivity index (χ0) is 15.7. The third-order valence-electron chi connectivity index (χ3n) is 3.93. The van der Waals surface area contributed by atoms with Crippen LogP contribution in [-0.2, 0) is 4.74 Å². The van der Waals surface area contributed by atoms with Crippen molar-refractivity contribution in [2.24, 2.45) is 0 Å². The maximum absolute atomic E-state index is 6.11. The normalized spacial score (nSPS) is 13.1. The van der Waals surface area contributed by atoms with Crippen molar-refractivity contribution in [2.45, 2.75) is 39.9 Å². The second-order valence-corrected chi connectivity index (χ2v) is 6.70. The zero-order valence-corrected chi connectivity index (χ0v) is 14.4. The Bertz CT molecular complexity index is 745. The molecule has 0 saturated heterocycles. The summed E-state index contributed by atoms with van der Waals surface area (Å²) >= 11 is 1.77. The van der Waals surface area contributed by atoms with Crippen LogP contribution in [0.3, 0.4) is 0 Å². The van der Waals surface area contributed by atoms with Gasteiger partial charge in [0.25, 0.3) is 0 Å². The molecule has 1 heterocycles. The highest BCUT2D eigenvalue weighted by Gasteiger charge is 2.21. The van der Waals surface area contributed by atoms with E-state index in [2.05, 4.69) is 49.6 Å². The molecular formula is C19H22O2S. The summed E-state index contributed by atoms with van der Waals surface area (Å²) in [5.41, 5.74) is 3.76. The van der Waals surface area contributed by atoms with Gasteiger partial charge in [-0.15, -0.1) is 11.3 Å². The molecule has 1 atom stereocenters. The molecular weight excluding hydrogens is 292 g/mol. The second-order valence-electron chi connectivity index (χ2n) is 5.78. The minimum absolute atomic E-state index is 0.242. The molecule has 1 unspecified atom stereocenters. The monoisotopic (exact) mass is 314 g/mol. The zero-order valence-electron chi connectivity index (χ0n) is 13.6. The molecule has 0 spiro atoms. The first kappa shape index (κ1) is 15.3. The first-order valence-corrected chi connectivity index (χ1v) is 8.70. The maximum atomic E-state index is 6.11.